The number of thiazole rings is 1. The number of piperidine rings is 1. The zero-order valence-corrected chi connectivity index (χ0v) is 16.4. The molecule has 0 aliphatic carbocycles. The van der Waals surface area contributed by atoms with Crippen LogP contribution in [-0.4, -0.2) is 46.9 Å². The number of carbonyl (C=O) groups is 2. The molecule has 7 heteroatoms. The van der Waals surface area contributed by atoms with Gasteiger partial charge in [-0.25, -0.2) is 4.98 Å². The van der Waals surface area contributed by atoms with Crippen molar-refractivity contribution in [3.63, 3.8) is 0 Å². The maximum absolute atomic E-state index is 12.4. The van der Waals surface area contributed by atoms with Crippen LogP contribution in [0.15, 0.2) is 24.3 Å². The summed E-state index contributed by atoms with van der Waals surface area (Å²) >= 11 is 1.47. The smallest absolute Gasteiger partial charge is 0.240 e. The Hall–Kier alpha value is -1.99. The molecule has 1 aliphatic heterocycles. The number of hydrogen-bond acceptors (Lipinski definition) is 5. The average molecular weight is 375 g/mol. The van der Waals surface area contributed by atoms with Crippen molar-refractivity contribution in [3.8, 4) is 0 Å². The van der Waals surface area contributed by atoms with E-state index in [2.05, 4.69) is 20.5 Å². The first-order chi connectivity index (χ1) is 12.3. The second-order valence-corrected chi connectivity index (χ2v) is 8.88. The molecular formula is C19H26N4O2S. The van der Waals surface area contributed by atoms with Crippen LogP contribution in [0, 0.1) is 5.92 Å². The number of rotatable bonds is 4. The molecular weight excluding hydrogens is 348 g/mol. The van der Waals surface area contributed by atoms with Crippen molar-refractivity contribution in [2.75, 3.05) is 25.0 Å². The lowest BCUT2D eigenvalue weighted by molar-refractivity contribution is -0.129. The van der Waals surface area contributed by atoms with Gasteiger partial charge < -0.3 is 10.6 Å². The number of nitrogens with one attached hydrogen (secondary N) is 2. The number of amides is 2. The van der Waals surface area contributed by atoms with E-state index in [1.165, 1.54) is 11.3 Å². The Kier molecular flexibility index (Phi) is 5.58. The fraction of sp³-hybridized carbons (Fsp3) is 0.526. The summed E-state index contributed by atoms with van der Waals surface area (Å²) in [7, 11) is 0. The molecule has 0 radical (unpaired) electrons. The van der Waals surface area contributed by atoms with Gasteiger partial charge in [-0.05, 0) is 52.3 Å². The molecule has 6 nitrogen and oxygen atoms in total. The first-order valence-corrected chi connectivity index (χ1v) is 9.81. The van der Waals surface area contributed by atoms with Crippen LogP contribution in [0.2, 0.25) is 0 Å². The van der Waals surface area contributed by atoms with Gasteiger partial charge >= 0.3 is 0 Å². The van der Waals surface area contributed by atoms with Gasteiger partial charge in [-0.15, -0.1) is 0 Å². The third-order valence-corrected chi connectivity index (χ3v) is 5.23. The molecule has 1 aromatic heterocycles. The summed E-state index contributed by atoms with van der Waals surface area (Å²) in [5, 5.41) is 6.55. The molecule has 2 amide bonds. The largest absolute Gasteiger partial charge is 0.351 e. The first-order valence-electron chi connectivity index (χ1n) is 9.00. The molecule has 1 aliphatic rings. The lowest BCUT2D eigenvalue weighted by Gasteiger charge is -2.33. The van der Waals surface area contributed by atoms with Crippen molar-refractivity contribution in [1.82, 2.24) is 15.2 Å². The van der Waals surface area contributed by atoms with Crippen LogP contribution < -0.4 is 10.6 Å². The molecule has 1 saturated heterocycles. The van der Waals surface area contributed by atoms with Gasteiger partial charge in [0.2, 0.25) is 11.8 Å². The van der Waals surface area contributed by atoms with E-state index in [1.807, 2.05) is 45.0 Å². The zero-order valence-electron chi connectivity index (χ0n) is 15.5. The topological polar surface area (TPSA) is 74.3 Å². The Bertz CT molecular complexity index is 763. The standard InChI is InChI=1S/C19H26N4O2S/c1-19(2,3)22-17(25)13-7-6-10-23(11-13)12-16(24)21-18-20-14-8-4-5-9-15(14)26-18/h4-5,8-9,13H,6-7,10-12H2,1-3H3,(H,22,25)(H,20,21,24). The van der Waals surface area contributed by atoms with Gasteiger partial charge in [0.1, 0.15) is 0 Å². The molecule has 140 valence electrons. The summed E-state index contributed by atoms with van der Waals surface area (Å²) in [6, 6.07) is 7.82. The number of benzene rings is 1. The highest BCUT2D eigenvalue weighted by Gasteiger charge is 2.28. The van der Waals surface area contributed by atoms with E-state index in [-0.39, 0.29) is 29.8 Å². The van der Waals surface area contributed by atoms with Gasteiger partial charge in [0.05, 0.1) is 22.7 Å². The molecule has 0 saturated carbocycles. The summed E-state index contributed by atoms with van der Waals surface area (Å²) in [5.74, 6) is -0.0621. The lowest BCUT2D eigenvalue weighted by atomic mass is 9.95. The molecule has 0 spiro atoms. The number of fused-ring (bicyclic) bond motifs is 1. The van der Waals surface area contributed by atoms with Gasteiger partial charge in [0.15, 0.2) is 5.13 Å². The van der Waals surface area contributed by atoms with Gasteiger partial charge in [0.25, 0.3) is 0 Å². The first kappa shape index (κ1) is 18.8. The Labute approximate surface area is 158 Å². The Morgan fingerprint density at radius 1 is 1.31 bits per heavy atom. The van der Waals surface area contributed by atoms with E-state index in [0.29, 0.717) is 11.7 Å². The number of hydrogen-bond donors (Lipinski definition) is 2. The number of para-hydroxylation sites is 1. The number of nitrogens with zero attached hydrogens (tertiary/aromatic N) is 2. The van der Waals surface area contributed by atoms with Crippen molar-refractivity contribution in [2.24, 2.45) is 5.92 Å². The number of aromatic nitrogens is 1. The van der Waals surface area contributed by atoms with Crippen molar-refractivity contribution in [2.45, 2.75) is 39.2 Å². The fourth-order valence-corrected chi connectivity index (χ4v) is 4.05. The highest BCUT2D eigenvalue weighted by molar-refractivity contribution is 7.22. The summed E-state index contributed by atoms with van der Waals surface area (Å²) in [4.78, 5) is 31.3. The molecule has 26 heavy (non-hydrogen) atoms. The summed E-state index contributed by atoms with van der Waals surface area (Å²) < 4.78 is 1.06. The third-order valence-electron chi connectivity index (χ3n) is 4.28. The molecule has 1 unspecified atom stereocenters. The van der Waals surface area contributed by atoms with Crippen molar-refractivity contribution < 1.29 is 9.59 Å². The normalized spacial score (nSPS) is 18.7. The lowest BCUT2D eigenvalue weighted by Crippen LogP contribution is -2.49. The van der Waals surface area contributed by atoms with Crippen LogP contribution in [0.4, 0.5) is 5.13 Å². The van der Waals surface area contributed by atoms with Gasteiger partial charge in [-0.1, -0.05) is 23.5 Å². The predicted octanol–water partition coefficient (Wildman–Crippen LogP) is 2.86. The molecule has 3 rings (SSSR count). The number of likely N-dealkylation sites (tertiary alicyclic amines) is 1. The number of carbonyl (C=O) groups excluding carboxylic acids is 2. The van der Waals surface area contributed by atoms with Crippen LogP contribution >= 0.6 is 11.3 Å². The maximum Gasteiger partial charge on any atom is 0.240 e. The Morgan fingerprint density at radius 2 is 2.08 bits per heavy atom. The van der Waals surface area contributed by atoms with Gasteiger partial charge in [0, 0.05) is 12.1 Å². The molecule has 1 aromatic carbocycles. The van der Waals surface area contributed by atoms with Gasteiger partial charge in [-0.2, -0.15) is 0 Å². The van der Waals surface area contributed by atoms with Crippen LogP contribution in [0.1, 0.15) is 33.6 Å². The molecule has 2 heterocycles. The third kappa shape index (κ3) is 5.02. The van der Waals surface area contributed by atoms with Crippen LogP contribution in [0.25, 0.3) is 10.2 Å². The molecule has 1 fully saturated rings. The minimum absolute atomic E-state index is 0.0572. The van der Waals surface area contributed by atoms with E-state index in [9.17, 15) is 9.59 Å². The van der Waals surface area contributed by atoms with E-state index in [1.54, 1.807) is 0 Å². The monoisotopic (exact) mass is 374 g/mol. The summed E-state index contributed by atoms with van der Waals surface area (Å²) in [6.07, 6.45) is 1.80. The second kappa shape index (κ2) is 7.72. The fourth-order valence-electron chi connectivity index (χ4n) is 3.17. The van der Waals surface area contributed by atoms with Crippen molar-refractivity contribution >= 4 is 38.5 Å². The Morgan fingerprint density at radius 3 is 2.81 bits per heavy atom. The van der Waals surface area contributed by atoms with Crippen LogP contribution in [0.5, 0.6) is 0 Å². The second-order valence-electron chi connectivity index (χ2n) is 7.85. The summed E-state index contributed by atoms with van der Waals surface area (Å²) in [5.41, 5.74) is 0.661. The van der Waals surface area contributed by atoms with E-state index in [4.69, 9.17) is 0 Å². The predicted molar refractivity (Wildman–Crippen MR) is 105 cm³/mol. The SMILES string of the molecule is CC(C)(C)NC(=O)C1CCCN(CC(=O)Nc2nc3ccccc3s2)C1. The quantitative estimate of drug-likeness (QED) is 0.863. The van der Waals surface area contributed by atoms with Crippen LogP contribution in [0.3, 0.4) is 0 Å². The van der Waals surface area contributed by atoms with Crippen LogP contribution in [-0.2, 0) is 9.59 Å². The Balaban J connectivity index is 1.54. The van der Waals surface area contributed by atoms with Gasteiger partial charge in [-0.3, -0.25) is 14.5 Å². The minimum atomic E-state index is -0.233. The number of anilines is 1. The minimum Gasteiger partial charge on any atom is -0.351 e. The van der Waals surface area contributed by atoms with Crippen molar-refractivity contribution in [1.29, 1.82) is 0 Å². The van der Waals surface area contributed by atoms with E-state index in [0.717, 1.165) is 29.6 Å². The molecule has 1 atom stereocenters. The van der Waals surface area contributed by atoms with E-state index < -0.39 is 0 Å². The molecule has 2 aromatic rings. The molecule has 2 N–H and O–H groups in total. The molecule has 0 bridgehead atoms. The average Bonchev–Trinajstić information content (AvgIpc) is 2.95. The van der Waals surface area contributed by atoms with Crippen molar-refractivity contribution in [3.05, 3.63) is 24.3 Å². The highest BCUT2D eigenvalue weighted by atomic mass is 32.1. The highest BCUT2D eigenvalue weighted by Crippen LogP contribution is 2.25. The maximum atomic E-state index is 12.4. The van der Waals surface area contributed by atoms with E-state index >= 15 is 0 Å². The zero-order chi connectivity index (χ0) is 18.7. The summed E-state index contributed by atoms with van der Waals surface area (Å²) in [6.45, 7) is 7.70.